The molecule has 14 heavy (non-hydrogen) atoms. The number of aromatic amines is 1. The zero-order chi connectivity index (χ0) is 9.80. The first-order valence-electron chi connectivity index (χ1n) is 4.15. The number of benzene rings is 1. The first-order valence-corrected chi connectivity index (χ1v) is 4.53. The summed E-state index contributed by atoms with van der Waals surface area (Å²) in [7, 11) is 0. The highest BCUT2D eigenvalue weighted by Crippen LogP contribution is 2.18. The lowest BCUT2D eigenvalue weighted by molar-refractivity contribution is 1.18. The molecule has 0 saturated carbocycles. The predicted molar refractivity (Wildman–Crippen MR) is 56.4 cm³/mol. The van der Waals surface area contributed by atoms with E-state index < -0.39 is 0 Å². The second-order valence-electron chi connectivity index (χ2n) is 2.73. The number of halogens is 1. The van der Waals surface area contributed by atoms with Crippen molar-refractivity contribution in [2.45, 2.75) is 0 Å². The fraction of sp³-hybridized carbons (Fsp3) is 0. The molecule has 1 aromatic carbocycles. The molecule has 70 valence electrons. The highest BCUT2D eigenvalue weighted by atomic mass is 35.5. The third kappa shape index (κ3) is 2.20. The molecule has 2 rings (SSSR count). The van der Waals surface area contributed by atoms with E-state index in [1.54, 1.807) is 18.3 Å². The largest absolute Gasteiger partial charge is 0.345 e. The quantitative estimate of drug-likeness (QED) is 0.718. The molecule has 0 atom stereocenters. The molecule has 0 aliphatic carbocycles. The molecule has 0 bridgehead atoms. The maximum atomic E-state index is 5.73. The van der Waals surface area contributed by atoms with Gasteiger partial charge in [-0.2, -0.15) is 0 Å². The second-order valence-corrected chi connectivity index (χ2v) is 3.17. The molecule has 0 unspecified atom stereocenters. The molecule has 3 nitrogen and oxygen atoms in total. The molecular weight excluding hydrogens is 198 g/mol. The van der Waals surface area contributed by atoms with E-state index >= 15 is 0 Å². The number of aromatic nitrogens is 1. The molecule has 0 amide bonds. The van der Waals surface area contributed by atoms with Crippen molar-refractivity contribution < 1.29 is 0 Å². The van der Waals surface area contributed by atoms with E-state index in [2.05, 4.69) is 15.2 Å². The Hall–Kier alpha value is -1.61. The summed E-state index contributed by atoms with van der Waals surface area (Å²) in [6, 6.07) is 10.9. The second kappa shape index (κ2) is 4.07. The smallest absolute Gasteiger partial charge is 0.152 e. The van der Waals surface area contributed by atoms with Crippen molar-refractivity contribution in [2.24, 2.45) is 10.2 Å². The van der Waals surface area contributed by atoms with Gasteiger partial charge in [0.15, 0.2) is 5.82 Å². The van der Waals surface area contributed by atoms with Crippen LogP contribution in [0.2, 0.25) is 5.02 Å². The molecule has 0 saturated heterocycles. The van der Waals surface area contributed by atoms with E-state index in [0.717, 1.165) is 11.5 Å². The van der Waals surface area contributed by atoms with Crippen LogP contribution in [0.1, 0.15) is 0 Å². The normalized spacial score (nSPS) is 10.9. The van der Waals surface area contributed by atoms with Crippen molar-refractivity contribution in [1.82, 2.24) is 4.98 Å². The molecule has 0 radical (unpaired) electrons. The van der Waals surface area contributed by atoms with Crippen LogP contribution in [-0.4, -0.2) is 4.98 Å². The van der Waals surface area contributed by atoms with Gasteiger partial charge in [-0.25, -0.2) is 0 Å². The summed E-state index contributed by atoms with van der Waals surface area (Å²) in [5, 5.41) is 8.72. The summed E-state index contributed by atoms with van der Waals surface area (Å²) in [5.41, 5.74) is 0.781. The van der Waals surface area contributed by atoms with Gasteiger partial charge in [-0.05, 0) is 36.4 Å². The van der Waals surface area contributed by atoms with Crippen molar-refractivity contribution >= 4 is 23.1 Å². The zero-order valence-electron chi connectivity index (χ0n) is 7.31. The molecule has 0 aliphatic rings. The highest BCUT2D eigenvalue weighted by molar-refractivity contribution is 6.30. The maximum absolute atomic E-state index is 5.73. The first kappa shape index (κ1) is 8.97. The number of hydrogen-bond acceptors (Lipinski definition) is 2. The van der Waals surface area contributed by atoms with E-state index in [-0.39, 0.29) is 0 Å². The van der Waals surface area contributed by atoms with Crippen LogP contribution in [0, 0.1) is 0 Å². The fourth-order valence-electron chi connectivity index (χ4n) is 1.00. The summed E-state index contributed by atoms with van der Waals surface area (Å²) < 4.78 is 0. The summed E-state index contributed by atoms with van der Waals surface area (Å²) in [4.78, 5) is 2.93. The first-order chi connectivity index (χ1) is 6.84. The van der Waals surface area contributed by atoms with Crippen molar-refractivity contribution in [1.29, 1.82) is 0 Å². The van der Waals surface area contributed by atoms with Crippen molar-refractivity contribution in [3.8, 4) is 0 Å². The van der Waals surface area contributed by atoms with E-state index in [9.17, 15) is 0 Å². The molecule has 1 heterocycles. The maximum Gasteiger partial charge on any atom is 0.152 e. The third-order valence-electron chi connectivity index (χ3n) is 1.68. The Kier molecular flexibility index (Phi) is 2.60. The molecular formula is C10H8ClN3. The molecule has 1 aromatic heterocycles. The summed E-state index contributed by atoms with van der Waals surface area (Å²) >= 11 is 5.73. The Bertz CT molecular complexity index is 417. The van der Waals surface area contributed by atoms with Crippen molar-refractivity contribution in [3.05, 3.63) is 47.6 Å². The van der Waals surface area contributed by atoms with Crippen LogP contribution in [0.5, 0.6) is 0 Å². The topological polar surface area (TPSA) is 40.5 Å². The van der Waals surface area contributed by atoms with E-state index in [0.29, 0.717) is 5.02 Å². The minimum absolute atomic E-state index is 0.698. The molecule has 0 fully saturated rings. The van der Waals surface area contributed by atoms with Crippen LogP contribution in [0.15, 0.2) is 52.8 Å². The lowest BCUT2D eigenvalue weighted by atomic mass is 10.3. The Morgan fingerprint density at radius 3 is 2.43 bits per heavy atom. The number of hydrogen-bond donors (Lipinski definition) is 1. The lowest BCUT2D eigenvalue weighted by Gasteiger charge is -1.91. The zero-order valence-corrected chi connectivity index (χ0v) is 8.07. The van der Waals surface area contributed by atoms with Gasteiger partial charge in [0.25, 0.3) is 0 Å². The van der Waals surface area contributed by atoms with Gasteiger partial charge in [-0.15, -0.1) is 10.2 Å². The van der Waals surface area contributed by atoms with Crippen molar-refractivity contribution in [2.75, 3.05) is 0 Å². The SMILES string of the molecule is Clc1ccc(N=Nc2ccc[nH]2)cc1. The number of azo groups is 1. The minimum atomic E-state index is 0.698. The summed E-state index contributed by atoms with van der Waals surface area (Å²) in [6.07, 6.45) is 1.80. The van der Waals surface area contributed by atoms with Gasteiger partial charge < -0.3 is 4.98 Å². The van der Waals surface area contributed by atoms with Crippen molar-refractivity contribution in [3.63, 3.8) is 0 Å². The predicted octanol–water partition coefficient (Wildman–Crippen LogP) is 4.08. The number of H-pyrrole nitrogens is 1. The van der Waals surface area contributed by atoms with Gasteiger partial charge in [-0.3, -0.25) is 0 Å². The molecule has 2 aromatic rings. The van der Waals surface area contributed by atoms with Gasteiger partial charge in [0.1, 0.15) is 0 Å². The Labute approximate surface area is 86.4 Å². The Balaban J connectivity index is 2.15. The van der Waals surface area contributed by atoms with Gasteiger partial charge in [0.05, 0.1) is 5.69 Å². The average molecular weight is 206 g/mol. The van der Waals surface area contributed by atoms with Crippen LogP contribution in [0.4, 0.5) is 11.5 Å². The summed E-state index contributed by atoms with van der Waals surface area (Å²) in [5.74, 6) is 0.736. The monoisotopic (exact) mass is 205 g/mol. The molecule has 1 N–H and O–H groups in total. The number of rotatable bonds is 2. The molecule has 0 aliphatic heterocycles. The van der Waals surface area contributed by atoms with Crippen LogP contribution in [-0.2, 0) is 0 Å². The van der Waals surface area contributed by atoms with E-state index in [1.165, 1.54) is 0 Å². The Morgan fingerprint density at radius 1 is 1.00 bits per heavy atom. The minimum Gasteiger partial charge on any atom is -0.345 e. The molecule has 0 spiro atoms. The van der Waals surface area contributed by atoms with Crippen LogP contribution in [0.25, 0.3) is 0 Å². The van der Waals surface area contributed by atoms with Gasteiger partial charge in [-0.1, -0.05) is 11.6 Å². The third-order valence-corrected chi connectivity index (χ3v) is 1.93. The Morgan fingerprint density at radius 2 is 1.79 bits per heavy atom. The highest BCUT2D eigenvalue weighted by Gasteiger charge is 1.90. The van der Waals surface area contributed by atoms with E-state index in [1.807, 2.05) is 24.3 Å². The number of nitrogens with one attached hydrogen (secondary N) is 1. The van der Waals surface area contributed by atoms with Gasteiger partial charge in [0, 0.05) is 11.2 Å². The van der Waals surface area contributed by atoms with Crippen LogP contribution in [0.3, 0.4) is 0 Å². The lowest BCUT2D eigenvalue weighted by Crippen LogP contribution is -1.64. The number of nitrogens with zero attached hydrogens (tertiary/aromatic N) is 2. The molecule has 4 heteroatoms. The average Bonchev–Trinajstić information content (AvgIpc) is 2.70. The van der Waals surface area contributed by atoms with Crippen LogP contribution >= 0.6 is 11.6 Å². The van der Waals surface area contributed by atoms with Gasteiger partial charge >= 0.3 is 0 Å². The fourth-order valence-corrected chi connectivity index (χ4v) is 1.13. The standard InChI is InChI=1S/C10H8ClN3/c11-8-3-5-9(6-4-8)13-14-10-2-1-7-12-10/h1-7,12H. The summed E-state index contributed by atoms with van der Waals surface area (Å²) in [6.45, 7) is 0. The van der Waals surface area contributed by atoms with Crippen LogP contribution < -0.4 is 0 Å². The van der Waals surface area contributed by atoms with Gasteiger partial charge in [0.2, 0.25) is 0 Å². The van der Waals surface area contributed by atoms with E-state index in [4.69, 9.17) is 11.6 Å².